The van der Waals surface area contributed by atoms with Gasteiger partial charge >= 0.3 is 0 Å². The minimum Gasteiger partial charge on any atom is -0.364 e. The molecule has 4 N–H and O–H groups in total. The summed E-state index contributed by atoms with van der Waals surface area (Å²) in [6.45, 7) is 1.07. The SMILES string of the molecule is NC(=O)c1ncn(-c2ccc(NC(=O)c3ccccc3Cl)cc2)c1C(=O)NCCN1CCC(F)(F)CC1. The normalized spacial score (nSPS) is 15.2. The van der Waals surface area contributed by atoms with E-state index in [4.69, 9.17) is 17.3 Å². The minimum absolute atomic E-state index is 0.0504. The van der Waals surface area contributed by atoms with Crippen LogP contribution in [0.4, 0.5) is 14.5 Å². The van der Waals surface area contributed by atoms with E-state index in [2.05, 4.69) is 15.6 Å². The van der Waals surface area contributed by atoms with Crippen LogP contribution in [0.3, 0.4) is 0 Å². The Morgan fingerprint density at radius 1 is 1.03 bits per heavy atom. The molecule has 12 heteroatoms. The first-order valence-electron chi connectivity index (χ1n) is 11.6. The molecule has 2 aromatic carbocycles. The Balaban J connectivity index is 1.45. The molecule has 0 bridgehead atoms. The number of alkyl halides is 2. The highest BCUT2D eigenvalue weighted by Crippen LogP contribution is 2.27. The van der Waals surface area contributed by atoms with Crippen molar-refractivity contribution < 1.29 is 23.2 Å². The van der Waals surface area contributed by atoms with E-state index in [1.165, 1.54) is 10.9 Å². The molecule has 4 rings (SSSR count). The van der Waals surface area contributed by atoms with Crippen LogP contribution < -0.4 is 16.4 Å². The highest BCUT2D eigenvalue weighted by molar-refractivity contribution is 6.34. The third-order valence-electron chi connectivity index (χ3n) is 6.04. The first kappa shape index (κ1) is 26.2. The molecule has 37 heavy (non-hydrogen) atoms. The number of nitrogens with zero attached hydrogens (tertiary/aromatic N) is 3. The van der Waals surface area contributed by atoms with Gasteiger partial charge in [-0.2, -0.15) is 0 Å². The topological polar surface area (TPSA) is 122 Å². The number of aromatic nitrogens is 2. The van der Waals surface area contributed by atoms with Crippen molar-refractivity contribution in [2.75, 3.05) is 31.5 Å². The largest absolute Gasteiger partial charge is 0.364 e. The minimum atomic E-state index is -2.64. The van der Waals surface area contributed by atoms with Crippen LogP contribution >= 0.6 is 11.6 Å². The van der Waals surface area contributed by atoms with E-state index in [0.29, 0.717) is 28.5 Å². The van der Waals surface area contributed by atoms with Crippen molar-refractivity contribution in [3.05, 3.63) is 76.8 Å². The molecule has 0 spiro atoms. The number of benzene rings is 2. The monoisotopic (exact) mass is 530 g/mol. The molecule has 3 aromatic rings. The number of hydrogen-bond donors (Lipinski definition) is 3. The molecule has 0 aliphatic carbocycles. The Kier molecular flexibility index (Phi) is 7.84. The van der Waals surface area contributed by atoms with Gasteiger partial charge in [-0.05, 0) is 36.4 Å². The molecule has 0 radical (unpaired) electrons. The summed E-state index contributed by atoms with van der Waals surface area (Å²) in [6.07, 6.45) is 0.877. The van der Waals surface area contributed by atoms with Crippen molar-refractivity contribution in [1.29, 1.82) is 0 Å². The molecule has 1 aromatic heterocycles. The maximum absolute atomic E-state index is 13.3. The summed E-state index contributed by atoms with van der Waals surface area (Å²) in [5, 5.41) is 5.78. The molecule has 9 nitrogen and oxygen atoms in total. The van der Waals surface area contributed by atoms with Crippen molar-refractivity contribution in [1.82, 2.24) is 19.8 Å². The Morgan fingerprint density at radius 3 is 2.35 bits per heavy atom. The van der Waals surface area contributed by atoms with E-state index in [-0.39, 0.29) is 49.8 Å². The van der Waals surface area contributed by atoms with Gasteiger partial charge in [0.15, 0.2) is 5.69 Å². The molecular weight excluding hydrogens is 506 g/mol. The number of likely N-dealkylation sites (tertiary alicyclic amines) is 1. The number of amides is 3. The summed E-state index contributed by atoms with van der Waals surface area (Å²) in [4.78, 5) is 43.2. The van der Waals surface area contributed by atoms with E-state index in [0.717, 1.165) is 0 Å². The van der Waals surface area contributed by atoms with Crippen molar-refractivity contribution in [3.8, 4) is 5.69 Å². The molecule has 0 saturated carbocycles. The number of primary amides is 1. The maximum atomic E-state index is 13.3. The zero-order valence-corrected chi connectivity index (χ0v) is 20.5. The van der Waals surface area contributed by atoms with Crippen LogP contribution in [0, 0.1) is 0 Å². The third-order valence-corrected chi connectivity index (χ3v) is 6.37. The predicted molar refractivity (Wildman–Crippen MR) is 134 cm³/mol. The molecule has 1 aliphatic rings. The molecule has 2 heterocycles. The number of imidazole rings is 1. The number of nitrogens with two attached hydrogens (primary N) is 1. The molecular formula is C25H25ClF2N6O3. The summed E-state index contributed by atoms with van der Waals surface area (Å²) in [7, 11) is 0. The Bertz CT molecular complexity index is 1300. The van der Waals surface area contributed by atoms with Gasteiger partial charge in [0.2, 0.25) is 0 Å². The number of nitrogens with one attached hydrogen (secondary N) is 2. The van der Waals surface area contributed by atoms with Crippen molar-refractivity contribution in [3.63, 3.8) is 0 Å². The van der Waals surface area contributed by atoms with Crippen LogP contribution in [0.15, 0.2) is 54.9 Å². The number of carbonyl (C=O) groups is 3. The van der Waals surface area contributed by atoms with Crippen LogP contribution in [-0.2, 0) is 0 Å². The van der Waals surface area contributed by atoms with Gasteiger partial charge in [-0.25, -0.2) is 13.8 Å². The second-order valence-electron chi connectivity index (χ2n) is 8.61. The van der Waals surface area contributed by atoms with E-state index >= 15 is 0 Å². The fourth-order valence-electron chi connectivity index (χ4n) is 4.01. The number of hydrogen-bond acceptors (Lipinski definition) is 5. The lowest BCUT2D eigenvalue weighted by molar-refractivity contribution is -0.0547. The summed E-state index contributed by atoms with van der Waals surface area (Å²) < 4.78 is 28.1. The number of rotatable bonds is 8. The van der Waals surface area contributed by atoms with Crippen LogP contribution in [-0.4, -0.2) is 64.3 Å². The highest BCUT2D eigenvalue weighted by Gasteiger charge is 2.33. The highest BCUT2D eigenvalue weighted by atomic mass is 35.5. The fourth-order valence-corrected chi connectivity index (χ4v) is 4.23. The molecule has 1 fully saturated rings. The first-order chi connectivity index (χ1) is 17.6. The average Bonchev–Trinajstić information content (AvgIpc) is 3.31. The zero-order valence-electron chi connectivity index (χ0n) is 19.7. The van der Waals surface area contributed by atoms with Gasteiger partial charge in [0, 0.05) is 50.4 Å². The van der Waals surface area contributed by atoms with E-state index < -0.39 is 17.7 Å². The molecule has 1 aliphatic heterocycles. The van der Waals surface area contributed by atoms with Crippen LogP contribution in [0.2, 0.25) is 5.02 Å². The Labute approximate surface area is 216 Å². The van der Waals surface area contributed by atoms with Crippen LogP contribution in [0.5, 0.6) is 0 Å². The quantitative estimate of drug-likeness (QED) is 0.412. The number of piperidine rings is 1. The lowest BCUT2D eigenvalue weighted by atomic mass is 10.1. The van der Waals surface area contributed by atoms with Crippen LogP contribution in [0.25, 0.3) is 5.69 Å². The predicted octanol–water partition coefficient (Wildman–Crippen LogP) is 3.34. The Hall–Kier alpha value is -3.83. The Morgan fingerprint density at radius 2 is 1.70 bits per heavy atom. The second kappa shape index (κ2) is 11.1. The summed E-state index contributed by atoms with van der Waals surface area (Å²) in [5.41, 5.74) is 6.49. The molecule has 3 amide bonds. The molecule has 0 atom stereocenters. The van der Waals surface area contributed by atoms with E-state index in [1.807, 2.05) is 4.90 Å². The van der Waals surface area contributed by atoms with Gasteiger partial charge < -0.3 is 21.3 Å². The lowest BCUT2D eigenvalue weighted by Crippen LogP contribution is -2.43. The van der Waals surface area contributed by atoms with Crippen molar-refractivity contribution in [2.45, 2.75) is 18.8 Å². The summed E-state index contributed by atoms with van der Waals surface area (Å²) >= 11 is 6.08. The maximum Gasteiger partial charge on any atom is 0.270 e. The van der Waals surface area contributed by atoms with E-state index in [1.54, 1.807) is 48.5 Å². The third kappa shape index (κ3) is 6.30. The van der Waals surface area contributed by atoms with Crippen LogP contribution in [0.1, 0.15) is 44.2 Å². The fraction of sp³-hybridized carbons (Fsp3) is 0.280. The van der Waals surface area contributed by atoms with Gasteiger partial charge in [0.25, 0.3) is 23.6 Å². The summed E-state index contributed by atoms with van der Waals surface area (Å²) in [6, 6.07) is 13.2. The van der Waals surface area contributed by atoms with E-state index in [9.17, 15) is 23.2 Å². The number of carbonyl (C=O) groups excluding carboxylic acids is 3. The molecule has 1 saturated heterocycles. The van der Waals surface area contributed by atoms with Gasteiger partial charge in [-0.15, -0.1) is 0 Å². The van der Waals surface area contributed by atoms with Crippen molar-refractivity contribution >= 4 is 35.0 Å². The van der Waals surface area contributed by atoms with Crippen molar-refractivity contribution in [2.24, 2.45) is 5.73 Å². The zero-order chi connectivity index (χ0) is 26.6. The number of halogens is 3. The molecule has 194 valence electrons. The number of anilines is 1. The molecule has 0 unspecified atom stereocenters. The lowest BCUT2D eigenvalue weighted by Gasteiger charge is -2.31. The average molecular weight is 531 g/mol. The standard InChI is InChI=1S/C25H25ClF2N6O3/c26-19-4-2-1-3-18(19)23(36)32-16-5-7-17(8-6-16)34-15-31-20(22(29)35)21(34)24(37)30-11-14-33-12-9-25(27,28)10-13-33/h1-8,15H,9-14H2,(H2,29,35)(H,30,37)(H,32,36). The summed E-state index contributed by atoms with van der Waals surface area (Å²) in [5.74, 6) is -4.47. The first-order valence-corrected chi connectivity index (χ1v) is 11.9. The van der Waals surface area contributed by atoms with Gasteiger partial charge in [-0.1, -0.05) is 23.7 Å². The van der Waals surface area contributed by atoms with Gasteiger partial charge in [0.1, 0.15) is 12.0 Å². The van der Waals surface area contributed by atoms with Gasteiger partial charge in [-0.3, -0.25) is 19.0 Å². The smallest absolute Gasteiger partial charge is 0.270 e. The second-order valence-corrected chi connectivity index (χ2v) is 9.02. The van der Waals surface area contributed by atoms with Gasteiger partial charge in [0.05, 0.1) is 10.6 Å².